The van der Waals surface area contributed by atoms with Crippen LogP contribution in [0.5, 0.6) is 17.2 Å². The van der Waals surface area contributed by atoms with E-state index in [-0.39, 0.29) is 22.9 Å². The molecule has 178 valence electrons. The number of halogens is 2. The number of unbranched alkanes of at least 4 members (excludes halogenated alkanes) is 3. The van der Waals surface area contributed by atoms with Gasteiger partial charge >= 0.3 is 0 Å². The molecule has 0 fully saturated rings. The average Bonchev–Trinajstić information content (AvgIpc) is 2.76. The summed E-state index contributed by atoms with van der Waals surface area (Å²) in [4.78, 5) is 15.1. The standard InChI is InChI=1S/C24H29F2N3O4/c1-15-11-16(30)12-18(26)22(15)28-19-13-21(31)29-23-17(19)7-8-20(33-14-25)24(23)32-10-6-4-3-5-9-27-2/h7-8,11-13,27,30H,3-6,9-10,14H2,1-2H3,(H2,28,29,31). The third-order valence-corrected chi connectivity index (χ3v) is 5.24. The van der Waals surface area contributed by atoms with Crippen molar-refractivity contribution in [1.29, 1.82) is 0 Å². The van der Waals surface area contributed by atoms with Crippen LogP contribution in [0, 0.1) is 12.7 Å². The first-order valence-electron chi connectivity index (χ1n) is 10.9. The van der Waals surface area contributed by atoms with Gasteiger partial charge in [-0.2, -0.15) is 0 Å². The van der Waals surface area contributed by atoms with Crippen molar-refractivity contribution in [3.8, 4) is 17.2 Å². The Kier molecular flexibility index (Phi) is 8.48. The first-order valence-corrected chi connectivity index (χ1v) is 10.9. The summed E-state index contributed by atoms with van der Waals surface area (Å²) < 4.78 is 38.4. The Balaban J connectivity index is 1.93. The van der Waals surface area contributed by atoms with Gasteiger partial charge in [-0.25, -0.2) is 8.78 Å². The molecule has 0 bridgehead atoms. The second-order valence-corrected chi connectivity index (χ2v) is 7.73. The molecule has 0 atom stereocenters. The first kappa shape index (κ1) is 24.3. The molecule has 9 heteroatoms. The quantitative estimate of drug-likeness (QED) is 0.227. The zero-order valence-corrected chi connectivity index (χ0v) is 18.8. The number of H-pyrrole nitrogens is 1. The van der Waals surface area contributed by atoms with Gasteiger partial charge in [-0.15, -0.1) is 0 Å². The number of pyridine rings is 1. The van der Waals surface area contributed by atoms with Crippen molar-refractivity contribution in [3.63, 3.8) is 0 Å². The molecule has 0 aliphatic rings. The molecule has 3 rings (SSSR count). The number of aromatic nitrogens is 1. The fourth-order valence-electron chi connectivity index (χ4n) is 3.65. The fraction of sp³-hybridized carbons (Fsp3) is 0.375. The predicted molar refractivity (Wildman–Crippen MR) is 125 cm³/mol. The Morgan fingerprint density at radius 2 is 1.88 bits per heavy atom. The monoisotopic (exact) mass is 461 g/mol. The topological polar surface area (TPSA) is 95.6 Å². The number of aryl methyl sites for hydroxylation is 1. The van der Waals surface area contributed by atoms with Crippen molar-refractivity contribution in [2.75, 3.05) is 32.4 Å². The van der Waals surface area contributed by atoms with Gasteiger partial charge in [0.05, 0.1) is 23.5 Å². The van der Waals surface area contributed by atoms with Gasteiger partial charge in [0.2, 0.25) is 6.86 Å². The molecule has 0 saturated carbocycles. The van der Waals surface area contributed by atoms with E-state index in [2.05, 4.69) is 15.6 Å². The number of nitrogens with one attached hydrogen (secondary N) is 3. The first-order chi connectivity index (χ1) is 15.9. The van der Waals surface area contributed by atoms with Crippen molar-refractivity contribution in [1.82, 2.24) is 10.3 Å². The number of aromatic hydroxyl groups is 1. The molecule has 2 aromatic carbocycles. The van der Waals surface area contributed by atoms with Crippen molar-refractivity contribution < 1.29 is 23.4 Å². The summed E-state index contributed by atoms with van der Waals surface area (Å²) in [6.45, 7) is 1.91. The number of rotatable bonds is 12. The molecule has 4 N–H and O–H groups in total. The molecule has 0 radical (unpaired) electrons. The second-order valence-electron chi connectivity index (χ2n) is 7.73. The number of anilines is 2. The van der Waals surface area contributed by atoms with Crippen LogP contribution in [0.25, 0.3) is 10.9 Å². The molecule has 0 spiro atoms. The van der Waals surface area contributed by atoms with Gasteiger partial charge in [-0.1, -0.05) is 12.8 Å². The SMILES string of the molecule is CNCCCCCCOc1c(OCF)ccc2c(Nc3c(C)cc(O)cc3F)cc(=O)[nH]c12. The van der Waals surface area contributed by atoms with E-state index < -0.39 is 18.2 Å². The lowest BCUT2D eigenvalue weighted by Crippen LogP contribution is -2.10. The van der Waals surface area contributed by atoms with E-state index in [1.54, 1.807) is 19.1 Å². The lowest BCUT2D eigenvalue weighted by molar-refractivity contribution is 0.181. The number of alkyl halides is 1. The van der Waals surface area contributed by atoms with Crippen LogP contribution in [0.2, 0.25) is 0 Å². The van der Waals surface area contributed by atoms with Gasteiger partial charge < -0.3 is 30.2 Å². The lowest BCUT2D eigenvalue weighted by Gasteiger charge is -2.17. The second kappa shape index (κ2) is 11.5. The Morgan fingerprint density at radius 1 is 1.09 bits per heavy atom. The van der Waals surface area contributed by atoms with Crippen LogP contribution in [-0.4, -0.2) is 37.2 Å². The Morgan fingerprint density at radius 3 is 2.61 bits per heavy atom. The van der Waals surface area contributed by atoms with Gasteiger partial charge in [0.25, 0.3) is 5.56 Å². The lowest BCUT2D eigenvalue weighted by atomic mass is 10.1. The fourth-order valence-corrected chi connectivity index (χ4v) is 3.65. The minimum Gasteiger partial charge on any atom is -0.508 e. The highest BCUT2D eigenvalue weighted by molar-refractivity contribution is 5.97. The molecule has 7 nitrogen and oxygen atoms in total. The predicted octanol–water partition coefficient (Wildman–Crippen LogP) is 4.89. The van der Waals surface area contributed by atoms with Gasteiger partial charge in [-0.3, -0.25) is 4.79 Å². The number of hydrogen-bond donors (Lipinski definition) is 4. The van der Waals surface area contributed by atoms with Crippen LogP contribution in [0.3, 0.4) is 0 Å². The van der Waals surface area contributed by atoms with Crippen LogP contribution in [-0.2, 0) is 0 Å². The van der Waals surface area contributed by atoms with E-state index in [0.717, 1.165) is 38.3 Å². The number of hydrogen-bond acceptors (Lipinski definition) is 6. The molecule has 0 aliphatic heterocycles. The van der Waals surface area contributed by atoms with Crippen LogP contribution >= 0.6 is 0 Å². The number of aromatic amines is 1. The van der Waals surface area contributed by atoms with Crippen molar-refractivity contribution in [2.24, 2.45) is 0 Å². The largest absolute Gasteiger partial charge is 0.508 e. The summed E-state index contributed by atoms with van der Waals surface area (Å²) in [5.41, 5.74) is 0.810. The van der Waals surface area contributed by atoms with E-state index >= 15 is 0 Å². The summed E-state index contributed by atoms with van der Waals surface area (Å²) in [5.74, 6) is -0.460. The van der Waals surface area contributed by atoms with Gasteiger partial charge in [0.15, 0.2) is 17.3 Å². The van der Waals surface area contributed by atoms with E-state index in [4.69, 9.17) is 9.47 Å². The normalized spacial score (nSPS) is 11.0. The van der Waals surface area contributed by atoms with Crippen LogP contribution in [0.4, 0.5) is 20.2 Å². The maximum absolute atomic E-state index is 14.5. The maximum atomic E-state index is 14.5. The Labute approximate surface area is 190 Å². The molecule has 0 aliphatic carbocycles. The summed E-state index contributed by atoms with van der Waals surface area (Å²) in [7, 11) is 1.91. The summed E-state index contributed by atoms with van der Waals surface area (Å²) in [6, 6.07) is 6.89. The van der Waals surface area contributed by atoms with Crippen molar-refractivity contribution in [3.05, 3.63) is 52.1 Å². The molecule has 1 aromatic heterocycles. The number of ether oxygens (including phenoxy) is 2. The molecule has 0 amide bonds. The minimum atomic E-state index is -1.05. The highest BCUT2D eigenvalue weighted by atomic mass is 19.1. The molecule has 3 aromatic rings. The van der Waals surface area contributed by atoms with Crippen LogP contribution < -0.4 is 25.7 Å². The van der Waals surface area contributed by atoms with Crippen molar-refractivity contribution in [2.45, 2.75) is 32.6 Å². The van der Waals surface area contributed by atoms with Crippen LogP contribution in [0.1, 0.15) is 31.2 Å². The zero-order valence-electron chi connectivity index (χ0n) is 18.8. The molecular formula is C24H29F2N3O4. The van der Waals surface area contributed by atoms with Crippen LogP contribution in [0.15, 0.2) is 35.1 Å². The number of fused-ring (bicyclic) bond motifs is 1. The molecule has 1 heterocycles. The van der Waals surface area contributed by atoms with Gasteiger partial charge in [-0.05, 0) is 57.1 Å². The Hall–Kier alpha value is -3.33. The average molecular weight is 462 g/mol. The molecule has 0 saturated heterocycles. The number of phenols is 1. The minimum absolute atomic E-state index is 0.132. The highest BCUT2D eigenvalue weighted by Crippen LogP contribution is 2.38. The smallest absolute Gasteiger partial charge is 0.250 e. The van der Waals surface area contributed by atoms with E-state index in [1.165, 1.54) is 12.1 Å². The molecule has 33 heavy (non-hydrogen) atoms. The number of benzene rings is 2. The summed E-state index contributed by atoms with van der Waals surface area (Å²) in [5, 5.41) is 16.2. The zero-order chi connectivity index (χ0) is 23.8. The van der Waals surface area contributed by atoms with E-state index in [0.29, 0.717) is 28.8 Å². The van der Waals surface area contributed by atoms with Crippen molar-refractivity contribution >= 4 is 22.3 Å². The maximum Gasteiger partial charge on any atom is 0.250 e. The molecule has 0 unspecified atom stereocenters. The molecular weight excluding hydrogens is 432 g/mol. The third-order valence-electron chi connectivity index (χ3n) is 5.24. The van der Waals surface area contributed by atoms with Gasteiger partial charge in [0, 0.05) is 17.5 Å². The highest BCUT2D eigenvalue weighted by Gasteiger charge is 2.17. The van der Waals surface area contributed by atoms with Gasteiger partial charge in [0.1, 0.15) is 5.75 Å². The van der Waals surface area contributed by atoms with E-state index in [1.807, 2.05) is 7.05 Å². The number of phenolic OH excluding ortho intramolecular Hbond substituents is 1. The third kappa shape index (κ3) is 6.13. The summed E-state index contributed by atoms with van der Waals surface area (Å²) in [6.07, 6.45) is 3.87. The Bertz CT molecular complexity index is 1130. The van der Waals surface area contributed by atoms with E-state index in [9.17, 15) is 18.7 Å². The summed E-state index contributed by atoms with van der Waals surface area (Å²) >= 11 is 0.